The number of nitrogens with zero attached hydrogens (tertiary/aromatic N) is 1. The molecule has 0 aliphatic heterocycles. The summed E-state index contributed by atoms with van der Waals surface area (Å²) in [7, 11) is 0. The Morgan fingerprint density at radius 2 is 2.33 bits per heavy atom. The molecule has 0 spiro atoms. The molecule has 0 aromatic heterocycles. The molecule has 0 radical (unpaired) electrons. The zero-order valence-corrected chi connectivity index (χ0v) is 6.18. The first kappa shape index (κ1) is 8.43. The molecule has 0 aliphatic rings. The van der Waals surface area contributed by atoms with Crippen molar-refractivity contribution < 1.29 is 5.11 Å². The van der Waals surface area contributed by atoms with E-state index in [2.05, 4.69) is 10.5 Å². The van der Waals surface area contributed by atoms with Crippen molar-refractivity contribution in [3.63, 3.8) is 0 Å². The number of aliphatic hydroxyl groups is 1. The molecule has 0 aliphatic carbocycles. The summed E-state index contributed by atoms with van der Waals surface area (Å²) in [6.45, 7) is 5.56. The fraction of sp³-hybridized carbons (Fsp3) is 0.833. The minimum absolute atomic E-state index is 0.550. The summed E-state index contributed by atoms with van der Waals surface area (Å²) in [5.41, 5.74) is 3.54. The van der Waals surface area contributed by atoms with Crippen LogP contribution in [0.5, 0.6) is 0 Å². The Kier molecular flexibility index (Phi) is 4.05. The van der Waals surface area contributed by atoms with Gasteiger partial charge in [-0.15, -0.1) is 0 Å². The standard InChI is InChI=1S/C6H14N2O/c1-4-5(2)7-8-6(3)9/h6,8-9H,4H2,1-3H3/b7-5-. The van der Waals surface area contributed by atoms with E-state index < -0.39 is 6.23 Å². The van der Waals surface area contributed by atoms with Gasteiger partial charge in [-0.1, -0.05) is 6.92 Å². The molecular weight excluding hydrogens is 116 g/mol. The average molecular weight is 130 g/mol. The smallest absolute Gasteiger partial charge is 0.136 e. The lowest BCUT2D eigenvalue weighted by Crippen LogP contribution is -2.20. The van der Waals surface area contributed by atoms with Crippen LogP contribution < -0.4 is 5.43 Å². The predicted octanol–water partition coefficient (Wildman–Crippen LogP) is 0.700. The molecule has 0 fully saturated rings. The molecule has 3 heteroatoms. The lowest BCUT2D eigenvalue weighted by atomic mass is 10.3. The third-order valence-electron chi connectivity index (χ3n) is 0.954. The average Bonchev–Trinajstić information content (AvgIpc) is 1.83. The van der Waals surface area contributed by atoms with Crippen molar-refractivity contribution >= 4 is 5.71 Å². The molecule has 0 aromatic carbocycles. The van der Waals surface area contributed by atoms with Gasteiger partial charge < -0.3 is 5.11 Å². The van der Waals surface area contributed by atoms with E-state index in [0.29, 0.717) is 0 Å². The van der Waals surface area contributed by atoms with E-state index in [9.17, 15) is 0 Å². The van der Waals surface area contributed by atoms with Crippen molar-refractivity contribution in [3.05, 3.63) is 0 Å². The van der Waals surface area contributed by atoms with Crippen LogP contribution in [0, 0.1) is 0 Å². The molecule has 3 nitrogen and oxygen atoms in total. The van der Waals surface area contributed by atoms with Crippen molar-refractivity contribution in [2.24, 2.45) is 5.10 Å². The molecule has 1 atom stereocenters. The second-order valence-corrected chi connectivity index (χ2v) is 2.01. The van der Waals surface area contributed by atoms with E-state index in [1.807, 2.05) is 13.8 Å². The number of hydrogen-bond donors (Lipinski definition) is 2. The topological polar surface area (TPSA) is 44.6 Å². The Hall–Kier alpha value is -0.570. The van der Waals surface area contributed by atoms with Crippen molar-refractivity contribution in [2.75, 3.05) is 0 Å². The Morgan fingerprint density at radius 1 is 1.78 bits per heavy atom. The van der Waals surface area contributed by atoms with Gasteiger partial charge in [0.15, 0.2) is 0 Å². The molecule has 1 unspecified atom stereocenters. The summed E-state index contributed by atoms with van der Waals surface area (Å²) in [5.74, 6) is 0. The molecule has 0 bridgehead atoms. The number of nitrogens with one attached hydrogen (secondary N) is 1. The maximum Gasteiger partial charge on any atom is 0.136 e. The number of hydrazone groups is 1. The largest absolute Gasteiger partial charge is 0.373 e. The molecule has 0 rings (SSSR count). The van der Waals surface area contributed by atoms with Gasteiger partial charge in [0.2, 0.25) is 0 Å². The van der Waals surface area contributed by atoms with Crippen molar-refractivity contribution in [2.45, 2.75) is 33.4 Å². The Bertz CT molecular complexity index is 99.2. The first-order valence-corrected chi connectivity index (χ1v) is 3.13. The quantitative estimate of drug-likeness (QED) is 0.335. The van der Waals surface area contributed by atoms with Crippen LogP contribution in [-0.4, -0.2) is 17.0 Å². The minimum atomic E-state index is -0.550. The van der Waals surface area contributed by atoms with Gasteiger partial charge in [-0.25, -0.2) is 0 Å². The molecule has 0 aromatic rings. The van der Waals surface area contributed by atoms with Crippen molar-refractivity contribution in [1.29, 1.82) is 0 Å². The molecule has 0 saturated carbocycles. The van der Waals surface area contributed by atoms with Crippen LogP contribution in [0.25, 0.3) is 0 Å². The second-order valence-electron chi connectivity index (χ2n) is 2.01. The highest BCUT2D eigenvalue weighted by Crippen LogP contribution is 1.81. The minimum Gasteiger partial charge on any atom is -0.373 e. The summed E-state index contributed by atoms with van der Waals surface area (Å²) < 4.78 is 0. The lowest BCUT2D eigenvalue weighted by molar-refractivity contribution is 0.158. The van der Waals surface area contributed by atoms with E-state index in [1.54, 1.807) is 6.92 Å². The van der Waals surface area contributed by atoms with Crippen molar-refractivity contribution in [1.82, 2.24) is 5.43 Å². The third-order valence-corrected chi connectivity index (χ3v) is 0.954. The Balaban J connectivity index is 3.43. The summed E-state index contributed by atoms with van der Waals surface area (Å²) in [6, 6.07) is 0. The van der Waals surface area contributed by atoms with Crippen LogP contribution in [0.1, 0.15) is 27.2 Å². The first-order chi connectivity index (χ1) is 4.16. The first-order valence-electron chi connectivity index (χ1n) is 3.13. The molecule has 9 heavy (non-hydrogen) atoms. The maximum atomic E-state index is 8.68. The highest BCUT2D eigenvalue weighted by Gasteiger charge is 1.88. The predicted molar refractivity (Wildman–Crippen MR) is 38.2 cm³/mol. The maximum absolute atomic E-state index is 8.68. The van der Waals surface area contributed by atoms with E-state index in [0.717, 1.165) is 12.1 Å². The van der Waals surface area contributed by atoms with E-state index in [4.69, 9.17) is 5.11 Å². The van der Waals surface area contributed by atoms with Crippen molar-refractivity contribution in [3.8, 4) is 0 Å². The van der Waals surface area contributed by atoms with Crippen LogP contribution in [-0.2, 0) is 0 Å². The Morgan fingerprint density at radius 3 is 2.67 bits per heavy atom. The second kappa shape index (κ2) is 4.32. The summed E-state index contributed by atoms with van der Waals surface area (Å²) in [4.78, 5) is 0. The highest BCUT2D eigenvalue weighted by atomic mass is 16.3. The van der Waals surface area contributed by atoms with E-state index in [-0.39, 0.29) is 0 Å². The SMILES string of the molecule is CC/C(C)=N\NC(C)O. The van der Waals surface area contributed by atoms with E-state index in [1.165, 1.54) is 0 Å². The normalized spacial score (nSPS) is 15.3. The van der Waals surface area contributed by atoms with Crippen LogP contribution in [0.15, 0.2) is 5.10 Å². The molecule has 0 saturated heterocycles. The van der Waals surface area contributed by atoms with Gasteiger partial charge in [-0.2, -0.15) is 5.10 Å². The van der Waals surface area contributed by atoms with Gasteiger partial charge >= 0.3 is 0 Å². The zero-order chi connectivity index (χ0) is 7.28. The molecule has 0 heterocycles. The summed E-state index contributed by atoms with van der Waals surface area (Å²) in [6.07, 6.45) is 0.367. The molecule has 2 N–H and O–H groups in total. The summed E-state index contributed by atoms with van der Waals surface area (Å²) in [5, 5.41) is 12.5. The third kappa shape index (κ3) is 5.30. The zero-order valence-electron chi connectivity index (χ0n) is 6.18. The van der Waals surface area contributed by atoms with Crippen LogP contribution in [0.2, 0.25) is 0 Å². The van der Waals surface area contributed by atoms with Gasteiger partial charge in [0.05, 0.1) is 0 Å². The number of aliphatic hydroxyl groups excluding tert-OH is 1. The molecule has 54 valence electrons. The highest BCUT2D eigenvalue weighted by molar-refractivity contribution is 5.81. The number of hydrogen-bond acceptors (Lipinski definition) is 3. The monoisotopic (exact) mass is 130 g/mol. The van der Waals surface area contributed by atoms with Crippen LogP contribution in [0.4, 0.5) is 0 Å². The van der Waals surface area contributed by atoms with Crippen LogP contribution >= 0.6 is 0 Å². The van der Waals surface area contributed by atoms with Gasteiger partial charge in [-0.05, 0) is 20.3 Å². The molecular formula is C6H14N2O. The van der Waals surface area contributed by atoms with Gasteiger partial charge in [-0.3, -0.25) is 5.43 Å². The van der Waals surface area contributed by atoms with Crippen LogP contribution in [0.3, 0.4) is 0 Å². The van der Waals surface area contributed by atoms with Gasteiger partial charge in [0.25, 0.3) is 0 Å². The Labute approximate surface area is 55.8 Å². The van der Waals surface area contributed by atoms with Gasteiger partial charge in [0.1, 0.15) is 6.23 Å². The fourth-order valence-corrected chi connectivity index (χ4v) is 0.283. The number of rotatable bonds is 3. The van der Waals surface area contributed by atoms with E-state index >= 15 is 0 Å². The summed E-state index contributed by atoms with van der Waals surface area (Å²) >= 11 is 0. The lowest BCUT2D eigenvalue weighted by Gasteiger charge is -2.02. The van der Waals surface area contributed by atoms with Gasteiger partial charge in [0, 0.05) is 5.71 Å². The molecule has 0 amide bonds. The fourth-order valence-electron chi connectivity index (χ4n) is 0.283.